The summed E-state index contributed by atoms with van der Waals surface area (Å²) in [4.78, 5) is 0. The molecule has 0 amide bonds. The third-order valence-electron chi connectivity index (χ3n) is 2.62. The van der Waals surface area contributed by atoms with Crippen LogP contribution in [0, 0.1) is 5.92 Å². The van der Waals surface area contributed by atoms with Gasteiger partial charge in [0.15, 0.2) is 0 Å². The van der Waals surface area contributed by atoms with E-state index in [1.54, 1.807) is 0 Å². The highest BCUT2D eigenvalue weighted by molar-refractivity contribution is 5.24. The molecule has 0 fully saturated rings. The summed E-state index contributed by atoms with van der Waals surface area (Å²) in [5.41, 5.74) is 6.46. The summed E-state index contributed by atoms with van der Waals surface area (Å²) < 4.78 is 4.84. The van der Waals surface area contributed by atoms with E-state index in [2.05, 4.69) is 19.0 Å². The number of rotatable bonds is 6. The number of aromatic nitrogens is 1. The zero-order valence-corrected chi connectivity index (χ0v) is 9.12. The lowest BCUT2D eigenvalue weighted by Gasteiger charge is -2.11. The molecule has 0 aromatic carbocycles. The van der Waals surface area contributed by atoms with Crippen LogP contribution >= 0.6 is 0 Å². The molecule has 0 aliphatic heterocycles. The maximum atomic E-state index is 5.47. The largest absolute Gasteiger partial charge is 0.368 e. The van der Waals surface area contributed by atoms with E-state index in [0.29, 0.717) is 5.88 Å². The van der Waals surface area contributed by atoms with Gasteiger partial charge in [-0.25, -0.2) is 0 Å². The molecule has 3 nitrogen and oxygen atoms in total. The standard InChI is InChI=1S/C11H20N2O/c1-3-5-6-9(4-2)7-10-8-11(12)14-13-10/h8-9H,3-7,12H2,1-2H3. The Morgan fingerprint density at radius 1 is 1.50 bits per heavy atom. The number of nitrogen functional groups attached to an aromatic ring is 1. The summed E-state index contributed by atoms with van der Waals surface area (Å²) >= 11 is 0. The molecule has 0 spiro atoms. The van der Waals surface area contributed by atoms with E-state index in [-0.39, 0.29) is 0 Å². The van der Waals surface area contributed by atoms with Crippen LogP contribution in [0.3, 0.4) is 0 Å². The molecule has 2 N–H and O–H groups in total. The van der Waals surface area contributed by atoms with Crippen molar-refractivity contribution in [2.24, 2.45) is 5.92 Å². The summed E-state index contributed by atoms with van der Waals surface area (Å²) in [5.74, 6) is 1.14. The summed E-state index contributed by atoms with van der Waals surface area (Å²) in [7, 11) is 0. The first kappa shape index (κ1) is 11.1. The molecular formula is C11H20N2O. The number of hydrogen-bond acceptors (Lipinski definition) is 3. The van der Waals surface area contributed by atoms with E-state index in [4.69, 9.17) is 10.3 Å². The Hall–Kier alpha value is -0.990. The normalized spacial score (nSPS) is 13.0. The molecule has 1 aromatic heterocycles. The fourth-order valence-electron chi connectivity index (χ4n) is 1.66. The maximum Gasteiger partial charge on any atom is 0.222 e. The predicted octanol–water partition coefficient (Wildman–Crippen LogP) is 3.02. The molecule has 0 aliphatic rings. The van der Waals surface area contributed by atoms with Crippen molar-refractivity contribution in [2.75, 3.05) is 5.73 Å². The lowest BCUT2D eigenvalue weighted by atomic mass is 9.94. The van der Waals surface area contributed by atoms with Crippen LogP contribution in [-0.4, -0.2) is 5.16 Å². The summed E-state index contributed by atoms with van der Waals surface area (Å²) in [6, 6.07) is 1.83. The van der Waals surface area contributed by atoms with Gasteiger partial charge in [0, 0.05) is 6.07 Å². The summed E-state index contributed by atoms with van der Waals surface area (Å²) in [5, 5.41) is 3.91. The van der Waals surface area contributed by atoms with Crippen molar-refractivity contribution in [3.63, 3.8) is 0 Å². The van der Waals surface area contributed by atoms with E-state index in [9.17, 15) is 0 Å². The van der Waals surface area contributed by atoms with Gasteiger partial charge < -0.3 is 10.3 Å². The SMILES string of the molecule is CCCCC(CC)Cc1cc(N)on1. The number of hydrogen-bond donors (Lipinski definition) is 1. The van der Waals surface area contributed by atoms with Gasteiger partial charge in [0.05, 0.1) is 5.69 Å². The Kier molecular flexibility index (Phi) is 4.50. The Labute approximate surface area is 85.7 Å². The van der Waals surface area contributed by atoms with Crippen LogP contribution in [0.5, 0.6) is 0 Å². The molecule has 1 atom stereocenters. The van der Waals surface area contributed by atoms with Gasteiger partial charge in [-0.1, -0.05) is 44.7 Å². The third kappa shape index (κ3) is 3.40. The van der Waals surface area contributed by atoms with E-state index in [0.717, 1.165) is 18.0 Å². The number of nitrogens with zero attached hydrogens (tertiary/aromatic N) is 1. The van der Waals surface area contributed by atoms with Gasteiger partial charge >= 0.3 is 0 Å². The topological polar surface area (TPSA) is 52.0 Å². The number of nitrogens with two attached hydrogens (primary N) is 1. The molecule has 3 heteroatoms. The average Bonchev–Trinajstić information content (AvgIpc) is 2.58. The second kappa shape index (κ2) is 5.68. The Morgan fingerprint density at radius 2 is 2.29 bits per heavy atom. The average molecular weight is 196 g/mol. The first-order valence-corrected chi connectivity index (χ1v) is 5.47. The second-order valence-electron chi connectivity index (χ2n) is 3.84. The Balaban J connectivity index is 2.40. The summed E-state index contributed by atoms with van der Waals surface area (Å²) in [6.07, 6.45) is 6.03. The molecule has 14 heavy (non-hydrogen) atoms. The highest BCUT2D eigenvalue weighted by atomic mass is 16.5. The van der Waals surface area contributed by atoms with Crippen molar-refractivity contribution in [3.05, 3.63) is 11.8 Å². The van der Waals surface area contributed by atoms with Crippen LogP contribution in [0.1, 0.15) is 45.2 Å². The van der Waals surface area contributed by atoms with Crippen LogP contribution in [0.2, 0.25) is 0 Å². The van der Waals surface area contributed by atoms with Crippen molar-refractivity contribution in [1.29, 1.82) is 0 Å². The molecule has 0 radical (unpaired) electrons. The molecule has 1 rings (SSSR count). The predicted molar refractivity (Wildman–Crippen MR) is 57.9 cm³/mol. The van der Waals surface area contributed by atoms with Gasteiger partial charge in [-0.05, 0) is 12.3 Å². The molecule has 80 valence electrons. The number of unbranched alkanes of at least 4 members (excludes halogenated alkanes) is 1. The lowest BCUT2D eigenvalue weighted by Crippen LogP contribution is -2.03. The molecule has 0 saturated heterocycles. The first-order chi connectivity index (χ1) is 6.76. The van der Waals surface area contributed by atoms with Gasteiger partial charge in [-0.15, -0.1) is 0 Å². The highest BCUT2D eigenvalue weighted by Gasteiger charge is 2.09. The Bertz CT molecular complexity index is 258. The van der Waals surface area contributed by atoms with E-state index < -0.39 is 0 Å². The Morgan fingerprint density at radius 3 is 2.79 bits per heavy atom. The van der Waals surface area contributed by atoms with Crippen LogP contribution < -0.4 is 5.73 Å². The van der Waals surface area contributed by atoms with Gasteiger partial charge in [-0.2, -0.15) is 0 Å². The highest BCUT2D eigenvalue weighted by Crippen LogP contribution is 2.18. The van der Waals surface area contributed by atoms with Gasteiger partial charge in [0.25, 0.3) is 0 Å². The van der Waals surface area contributed by atoms with Gasteiger partial charge in [0.2, 0.25) is 5.88 Å². The van der Waals surface area contributed by atoms with Crippen LogP contribution in [0.25, 0.3) is 0 Å². The fourth-order valence-corrected chi connectivity index (χ4v) is 1.66. The minimum atomic E-state index is 0.422. The van der Waals surface area contributed by atoms with E-state index >= 15 is 0 Å². The molecular weight excluding hydrogens is 176 g/mol. The van der Waals surface area contributed by atoms with Gasteiger partial charge in [0.1, 0.15) is 0 Å². The van der Waals surface area contributed by atoms with Crippen LogP contribution in [-0.2, 0) is 6.42 Å². The molecule has 0 bridgehead atoms. The smallest absolute Gasteiger partial charge is 0.222 e. The van der Waals surface area contributed by atoms with Crippen LogP contribution in [0.4, 0.5) is 5.88 Å². The first-order valence-electron chi connectivity index (χ1n) is 5.47. The van der Waals surface area contributed by atoms with Crippen molar-refractivity contribution < 1.29 is 4.52 Å². The number of anilines is 1. The fraction of sp³-hybridized carbons (Fsp3) is 0.727. The molecule has 1 aromatic rings. The van der Waals surface area contributed by atoms with Crippen molar-refractivity contribution in [1.82, 2.24) is 5.16 Å². The van der Waals surface area contributed by atoms with Crippen molar-refractivity contribution in [3.8, 4) is 0 Å². The van der Waals surface area contributed by atoms with Gasteiger partial charge in [-0.3, -0.25) is 0 Å². The zero-order chi connectivity index (χ0) is 10.4. The lowest BCUT2D eigenvalue weighted by molar-refractivity contribution is 0.401. The minimum absolute atomic E-state index is 0.422. The molecule has 0 saturated carbocycles. The monoisotopic (exact) mass is 196 g/mol. The summed E-state index contributed by atoms with van der Waals surface area (Å²) in [6.45, 7) is 4.45. The quantitative estimate of drug-likeness (QED) is 0.760. The maximum absolute atomic E-state index is 5.47. The second-order valence-corrected chi connectivity index (χ2v) is 3.84. The van der Waals surface area contributed by atoms with Crippen LogP contribution in [0.15, 0.2) is 10.6 Å². The molecule has 0 aliphatic carbocycles. The van der Waals surface area contributed by atoms with E-state index in [1.807, 2.05) is 6.07 Å². The third-order valence-corrected chi connectivity index (χ3v) is 2.62. The van der Waals surface area contributed by atoms with Crippen molar-refractivity contribution in [2.45, 2.75) is 46.0 Å². The minimum Gasteiger partial charge on any atom is -0.368 e. The molecule has 1 unspecified atom stereocenters. The van der Waals surface area contributed by atoms with E-state index in [1.165, 1.54) is 25.7 Å². The molecule has 1 heterocycles. The zero-order valence-electron chi connectivity index (χ0n) is 9.12. The van der Waals surface area contributed by atoms with Crippen molar-refractivity contribution >= 4 is 5.88 Å².